The van der Waals surface area contributed by atoms with Crippen LogP contribution in [0.2, 0.25) is 0 Å². The molecule has 0 saturated heterocycles. The van der Waals surface area contributed by atoms with Crippen LogP contribution in [0.4, 0.5) is 0 Å². The maximum Gasteiger partial charge on any atom is 0.248 e. The molecule has 4 aromatic rings. The van der Waals surface area contributed by atoms with E-state index < -0.39 is 12.0 Å². The molecule has 208 valence electrons. The van der Waals surface area contributed by atoms with Gasteiger partial charge in [-0.05, 0) is 74.2 Å². The molecule has 0 spiro atoms. The van der Waals surface area contributed by atoms with Gasteiger partial charge < -0.3 is 26.0 Å². The Morgan fingerprint density at radius 3 is 2.30 bits per heavy atom. The molecule has 2 atom stereocenters. The van der Waals surface area contributed by atoms with E-state index in [1.807, 2.05) is 50.2 Å². The molecule has 0 aliphatic rings. The Morgan fingerprint density at radius 2 is 1.65 bits per heavy atom. The van der Waals surface area contributed by atoms with E-state index >= 15 is 0 Å². The molecule has 40 heavy (non-hydrogen) atoms. The molecule has 2 aromatic heterocycles. The van der Waals surface area contributed by atoms with Crippen molar-refractivity contribution in [1.82, 2.24) is 20.2 Å². The summed E-state index contributed by atoms with van der Waals surface area (Å²) < 4.78 is 2.08. The Balaban J connectivity index is 1.24. The molecule has 2 heterocycles. The van der Waals surface area contributed by atoms with Crippen LogP contribution >= 0.6 is 0 Å². The largest absolute Gasteiger partial charge is 0.387 e. The third-order valence-corrected chi connectivity index (χ3v) is 6.94. The number of aliphatic hydroxyl groups excluding tert-OH is 1. The molecule has 8 heteroatoms. The number of benzene rings is 2. The van der Waals surface area contributed by atoms with Crippen molar-refractivity contribution >= 4 is 11.8 Å². The lowest BCUT2D eigenvalue weighted by Crippen LogP contribution is -2.32. The molecular formula is C32H37N5O3. The Morgan fingerprint density at radius 1 is 0.950 bits per heavy atom. The van der Waals surface area contributed by atoms with Crippen molar-refractivity contribution in [2.45, 2.75) is 52.3 Å². The number of aryl methyl sites for hydroxylation is 2. The molecule has 0 radical (unpaired) electrons. The van der Waals surface area contributed by atoms with E-state index in [1.165, 1.54) is 0 Å². The normalized spacial score (nSPS) is 12.6. The second kappa shape index (κ2) is 13.2. The van der Waals surface area contributed by atoms with Crippen molar-refractivity contribution in [2.75, 3.05) is 6.54 Å². The highest BCUT2D eigenvalue weighted by Gasteiger charge is 2.13. The number of hydrogen-bond acceptors (Lipinski definition) is 5. The van der Waals surface area contributed by atoms with Crippen molar-refractivity contribution < 1.29 is 14.7 Å². The van der Waals surface area contributed by atoms with Crippen molar-refractivity contribution in [3.63, 3.8) is 0 Å². The van der Waals surface area contributed by atoms with E-state index in [0.29, 0.717) is 18.7 Å². The van der Waals surface area contributed by atoms with Crippen LogP contribution in [0.3, 0.4) is 0 Å². The topological polar surface area (TPSA) is 122 Å². The highest BCUT2D eigenvalue weighted by atomic mass is 16.3. The van der Waals surface area contributed by atoms with Gasteiger partial charge in [0.05, 0.1) is 12.5 Å². The number of rotatable bonds is 12. The molecule has 0 bridgehead atoms. The van der Waals surface area contributed by atoms with E-state index in [1.54, 1.807) is 30.5 Å². The van der Waals surface area contributed by atoms with Gasteiger partial charge in [0, 0.05) is 47.8 Å². The van der Waals surface area contributed by atoms with E-state index in [-0.39, 0.29) is 18.4 Å². The first-order chi connectivity index (χ1) is 19.2. The van der Waals surface area contributed by atoms with Gasteiger partial charge in [-0.15, -0.1) is 0 Å². The summed E-state index contributed by atoms with van der Waals surface area (Å²) in [5, 5.41) is 17.0. The van der Waals surface area contributed by atoms with Gasteiger partial charge in [-0.2, -0.15) is 0 Å². The van der Waals surface area contributed by atoms with Gasteiger partial charge in [0.1, 0.15) is 5.82 Å². The van der Waals surface area contributed by atoms with Crippen LogP contribution in [0.15, 0.2) is 79.0 Å². The first-order valence-electron chi connectivity index (χ1n) is 13.5. The SMILES string of the molecule is Cc1ccc(C)n1-c1ccc([C@@H](O)CN[C@H](C)Cc2cccc(CC(=O)NCc3ccc(C(N)=O)cc3)c2)cn1. The molecule has 4 rings (SSSR count). The number of primary amides is 1. The van der Waals surface area contributed by atoms with Crippen molar-refractivity contribution in [3.8, 4) is 5.82 Å². The summed E-state index contributed by atoms with van der Waals surface area (Å²) in [6, 6.07) is 23.0. The fourth-order valence-corrected chi connectivity index (χ4v) is 4.72. The smallest absolute Gasteiger partial charge is 0.248 e. The van der Waals surface area contributed by atoms with Crippen molar-refractivity contribution in [2.24, 2.45) is 5.73 Å². The molecule has 8 nitrogen and oxygen atoms in total. The van der Waals surface area contributed by atoms with E-state index in [4.69, 9.17) is 5.73 Å². The molecule has 0 aliphatic carbocycles. The van der Waals surface area contributed by atoms with Crippen LogP contribution < -0.4 is 16.4 Å². The summed E-state index contributed by atoms with van der Waals surface area (Å²) in [4.78, 5) is 28.3. The average molecular weight is 540 g/mol. The van der Waals surface area contributed by atoms with Gasteiger partial charge in [-0.3, -0.25) is 9.59 Å². The van der Waals surface area contributed by atoms with Crippen LogP contribution in [0.1, 0.15) is 57.0 Å². The minimum Gasteiger partial charge on any atom is -0.387 e. The lowest BCUT2D eigenvalue weighted by Gasteiger charge is -2.18. The number of nitrogens with two attached hydrogens (primary N) is 1. The van der Waals surface area contributed by atoms with Gasteiger partial charge in [-0.25, -0.2) is 4.98 Å². The first-order valence-corrected chi connectivity index (χ1v) is 13.5. The second-order valence-corrected chi connectivity index (χ2v) is 10.3. The minimum absolute atomic E-state index is 0.0767. The number of carbonyl (C=O) groups excluding carboxylic acids is 2. The fraction of sp³-hybridized carbons (Fsp3) is 0.281. The highest BCUT2D eigenvalue weighted by molar-refractivity contribution is 5.92. The standard InChI is InChI=1S/C32H37N5O3/c1-21(34-20-29(38)28-13-14-30(35-19-28)37-22(2)7-8-23(37)3)15-25-5-4-6-26(16-25)17-31(39)36-18-24-9-11-27(12-10-24)32(33)40/h4-14,16,19,21,29,34,38H,15,17-18,20H2,1-3H3,(H2,33,40)(H,36,39)/t21-,29+/m1/s1. The minimum atomic E-state index is -0.669. The monoisotopic (exact) mass is 539 g/mol. The van der Waals surface area contributed by atoms with Crippen LogP contribution in [0.25, 0.3) is 5.82 Å². The zero-order valence-electron chi connectivity index (χ0n) is 23.2. The summed E-state index contributed by atoms with van der Waals surface area (Å²) in [7, 11) is 0. The van der Waals surface area contributed by atoms with Crippen LogP contribution in [0.5, 0.6) is 0 Å². The van der Waals surface area contributed by atoms with Gasteiger partial charge in [0.15, 0.2) is 0 Å². The third-order valence-electron chi connectivity index (χ3n) is 6.94. The summed E-state index contributed by atoms with van der Waals surface area (Å²) in [6.07, 6.45) is 2.10. The van der Waals surface area contributed by atoms with Crippen LogP contribution in [-0.4, -0.2) is 39.1 Å². The number of hydrogen-bond donors (Lipinski definition) is 4. The Hall–Kier alpha value is -4.27. The van der Waals surface area contributed by atoms with Gasteiger partial charge in [0.2, 0.25) is 11.8 Å². The summed E-state index contributed by atoms with van der Waals surface area (Å²) in [5.41, 5.74) is 11.7. The van der Waals surface area contributed by atoms with Crippen molar-refractivity contribution in [3.05, 3.63) is 118 Å². The zero-order valence-corrected chi connectivity index (χ0v) is 23.2. The molecular weight excluding hydrogens is 502 g/mol. The Kier molecular flexibility index (Phi) is 9.47. The molecule has 0 aliphatic heterocycles. The molecule has 0 fully saturated rings. The number of nitrogens with zero attached hydrogens (tertiary/aromatic N) is 2. The predicted molar refractivity (Wildman–Crippen MR) is 156 cm³/mol. The number of pyridine rings is 1. The molecule has 2 aromatic carbocycles. The quantitative estimate of drug-likeness (QED) is 0.219. The van der Waals surface area contributed by atoms with Crippen LogP contribution in [-0.2, 0) is 24.2 Å². The maximum atomic E-state index is 12.5. The Bertz CT molecular complexity index is 1420. The second-order valence-electron chi connectivity index (χ2n) is 10.3. The lowest BCUT2D eigenvalue weighted by molar-refractivity contribution is -0.120. The zero-order chi connectivity index (χ0) is 28.6. The molecule has 0 saturated carbocycles. The Labute approximate surface area is 235 Å². The maximum absolute atomic E-state index is 12.5. The van der Waals surface area contributed by atoms with Crippen molar-refractivity contribution in [1.29, 1.82) is 0 Å². The van der Waals surface area contributed by atoms with Gasteiger partial charge >= 0.3 is 0 Å². The van der Waals surface area contributed by atoms with Gasteiger partial charge in [-0.1, -0.05) is 42.5 Å². The number of nitrogens with one attached hydrogen (secondary N) is 2. The lowest BCUT2D eigenvalue weighted by atomic mass is 10.0. The molecule has 0 unspecified atom stereocenters. The molecule has 5 N–H and O–H groups in total. The number of aromatic nitrogens is 2. The first kappa shape index (κ1) is 28.7. The van der Waals surface area contributed by atoms with Gasteiger partial charge in [0.25, 0.3) is 0 Å². The summed E-state index contributed by atoms with van der Waals surface area (Å²) in [6.45, 7) is 6.96. The van der Waals surface area contributed by atoms with E-state index in [2.05, 4.69) is 39.2 Å². The summed E-state index contributed by atoms with van der Waals surface area (Å²) >= 11 is 0. The van der Waals surface area contributed by atoms with E-state index in [9.17, 15) is 14.7 Å². The number of aliphatic hydroxyl groups is 1. The third kappa shape index (κ3) is 7.65. The number of amides is 2. The summed E-state index contributed by atoms with van der Waals surface area (Å²) in [5.74, 6) is 0.286. The predicted octanol–water partition coefficient (Wildman–Crippen LogP) is 3.70. The number of carbonyl (C=O) groups is 2. The van der Waals surface area contributed by atoms with Crippen LogP contribution in [0, 0.1) is 13.8 Å². The average Bonchev–Trinajstić information content (AvgIpc) is 3.28. The fourth-order valence-electron chi connectivity index (χ4n) is 4.72. The van der Waals surface area contributed by atoms with E-state index in [0.717, 1.165) is 45.9 Å². The highest BCUT2D eigenvalue weighted by Crippen LogP contribution is 2.18. The molecule has 2 amide bonds.